The molecule has 66 valence electrons. The van der Waals surface area contributed by atoms with Crippen molar-refractivity contribution in [2.24, 2.45) is 0 Å². The third-order valence-electron chi connectivity index (χ3n) is 1.03. The minimum absolute atomic E-state index is 0.177. The Kier molecular flexibility index (Phi) is 3.73. The Labute approximate surface area is 80.2 Å². The largest absolute Gasteiger partial charge is 0.294 e. The summed E-state index contributed by atoms with van der Waals surface area (Å²) in [6.45, 7) is 0.177. The van der Waals surface area contributed by atoms with Crippen molar-refractivity contribution in [2.45, 2.75) is 6.54 Å². The Morgan fingerprint density at radius 1 is 1.58 bits per heavy atom. The van der Waals surface area contributed by atoms with E-state index >= 15 is 0 Å². The van der Waals surface area contributed by atoms with Crippen LogP contribution in [-0.2, 0) is 17.8 Å². The van der Waals surface area contributed by atoms with Crippen LogP contribution in [0, 0.1) is 0 Å². The van der Waals surface area contributed by atoms with Crippen molar-refractivity contribution >= 4 is 27.2 Å². The summed E-state index contributed by atoms with van der Waals surface area (Å²) in [5.74, 6) is 0.473. The molecule has 0 amide bonds. The molecule has 0 spiro atoms. The number of rotatable bonds is 3. The molecule has 0 saturated heterocycles. The molecule has 1 atom stereocenters. The quantitative estimate of drug-likeness (QED) is 0.766. The van der Waals surface area contributed by atoms with E-state index in [0.717, 1.165) is 4.47 Å². The van der Waals surface area contributed by atoms with Crippen LogP contribution < -0.4 is 4.72 Å². The van der Waals surface area contributed by atoms with Crippen molar-refractivity contribution in [1.29, 1.82) is 0 Å². The molecule has 1 aromatic rings. The van der Waals surface area contributed by atoms with Crippen molar-refractivity contribution in [1.82, 2.24) is 14.7 Å². The van der Waals surface area contributed by atoms with E-state index in [4.69, 9.17) is 4.55 Å². The van der Waals surface area contributed by atoms with Gasteiger partial charge in [-0.2, -0.15) is 0 Å². The molecule has 1 aromatic heterocycles. The molecular weight excluding hydrogens is 246 g/mol. The van der Waals surface area contributed by atoms with Crippen LogP contribution in [0.25, 0.3) is 0 Å². The molecule has 0 aliphatic carbocycles. The third kappa shape index (κ3) is 3.35. The molecule has 0 radical (unpaired) electrons. The van der Waals surface area contributed by atoms with Gasteiger partial charge < -0.3 is 0 Å². The Morgan fingerprint density at radius 3 is 2.67 bits per heavy atom. The second kappa shape index (κ2) is 4.61. The van der Waals surface area contributed by atoms with E-state index < -0.39 is 11.3 Å². The van der Waals surface area contributed by atoms with Gasteiger partial charge in [0.15, 0.2) is 0 Å². The molecule has 1 unspecified atom stereocenters. The Morgan fingerprint density at radius 2 is 2.17 bits per heavy atom. The van der Waals surface area contributed by atoms with Gasteiger partial charge in [0.25, 0.3) is 0 Å². The number of aromatic nitrogens is 2. The number of nitrogens with one attached hydrogen (secondary N) is 1. The zero-order valence-electron chi connectivity index (χ0n) is 5.90. The molecule has 5 nitrogen and oxygen atoms in total. The number of halogens is 1. The summed E-state index contributed by atoms with van der Waals surface area (Å²) in [4.78, 5) is 7.77. The monoisotopic (exact) mass is 251 g/mol. The van der Waals surface area contributed by atoms with Gasteiger partial charge in [0.2, 0.25) is 11.3 Å². The highest BCUT2D eigenvalue weighted by Gasteiger charge is 1.97. The SMILES string of the molecule is O=S(O)NCc1ncc(Br)cn1. The summed E-state index contributed by atoms with van der Waals surface area (Å²) in [6.07, 6.45) is 3.15. The topological polar surface area (TPSA) is 75.1 Å². The van der Waals surface area contributed by atoms with Gasteiger partial charge in [0, 0.05) is 12.4 Å². The van der Waals surface area contributed by atoms with Gasteiger partial charge in [0.05, 0.1) is 11.0 Å². The molecule has 1 heterocycles. The van der Waals surface area contributed by atoms with E-state index in [1.54, 1.807) is 12.4 Å². The minimum atomic E-state index is -2.01. The van der Waals surface area contributed by atoms with Crippen molar-refractivity contribution in [3.05, 3.63) is 22.7 Å². The Bertz CT molecular complexity index is 279. The van der Waals surface area contributed by atoms with Crippen LogP contribution >= 0.6 is 15.9 Å². The maximum atomic E-state index is 10.2. The van der Waals surface area contributed by atoms with E-state index in [2.05, 4.69) is 30.6 Å². The second-order valence-corrected chi connectivity index (χ2v) is 3.59. The van der Waals surface area contributed by atoms with Crippen molar-refractivity contribution in [3.8, 4) is 0 Å². The molecule has 12 heavy (non-hydrogen) atoms. The van der Waals surface area contributed by atoms with Crippen molar-refractivity contribution in [2.75, 3.05) is 0 Å². The van der Waals surface area contributed by atoms with Crippen molar-refractivity contribution < 1.29 is 8.76 Å². The lowest BCUT2D eigenvalue weighted by molar-refractivity contribution is 0.547. The fraction of sp³-hybridized carbons (Fsp3) is 0.200. The molecular formula is C5H6BrN3O2S. The first kappa shape index (κ1) is 9.72. The summed E-state index contributed by atoms with van der Waals surface area (Å²) in [6, 6.07) is 0. The predicted octanol–water partition coefficient (Wildman–Crippen LogP) is 0.465. The van der Waals surface area contributed by atoms with Crippen LogP contribution in [0.15, 0.2) is 16.9 Å². The highest BCUT2D eigenvalue weighted by molar-refractivity contribution is 9.10. The molecule has 0 fully saturated rings. The van der Waals surface area contributed by atoms with Gasteiger partial charge in [-0.15, -0.1) is 0 Å². The highest BCUT2D eigenvalue weighted by atomic mass is 79.9. The average molecular weight is 252 g/mol. The van der Waals surface area contributed by atoms with Gasteiger partial charge in [-0.3, -0.25) is 4.55 Å². The van der Waals surface area contributed by atoms with Crippen LogP contribution in [0.5, 0.6) is 0 Å². The lowest BCUT2D eigenvalue weighted by Crippen LogP contribution is -2.17. The van der Waals surface area contributed by atoms with E-state index in [0.29, 0.717) is 5.82 Å². The average Bonchev–Trinajstić information content (AvgIpc) is 2.03. The normalized spacial score (nSPS) is 12.8. The molecule has 0 bridgehead atoms. The first-order chi connectivity index (χ1) is 5.68. The van der Waals surface area contributed by atoms with E-state index in [9.17, 15) is 4.21 Å². The molecule has 0 saturated carbocycles. The van der Waals surface area contributed by atoms with Gasteiger partial charge in [-0.05, 0) is 15.9 Å². The first-order valence-electron chi connectivity index (χ1n) is 2.99. The summed E-state index contributed by atoms with van der Waals surface area (Å²) in [5, 5.41) is 0. The molecule has 0 aliphatic heterocycles. The van der Waals surface area contributed by atoms with Crippen LogP contribution in [0.3, 0.4) is 0 Å². The minimum Gasteiger partial charge on any atom is -0.294 e. The lowest BCUT2D eigenvalue weighted by Gasteiger charge is -1.97. The lowest BCUT2D eigenvalue weighted by atomic mass is 10.6. The highest BCUT2D eigenvalue weighted by Crippen LogP contribution is 2.03. The zero-order chi connectivity index (χ0) is 8.97. The van der Waals surface area contributed by atoms with E-state index in [1.165, 1.54) is 0 Å². The Balaban J connectivity index is 2.53. The van der Waals surface area contributed by atoms with Crippen molar-refractivity contribution in [3.63, 3.8) is 0 Å². The van der Waals surface area contributed by atoms with E-state index in [-0.39, 0.29) is 6.54 Å². The smallest absolute Gasteiger partial charge is 0.232 e. The summed E-state index contributed by atoms with van der Waals surface area (Å²) in [5.41, 5.74) is 0. The van der Waals surface area contributed by atoms with Crippen LogP contribution in [0.4, 0.5) is 0 Å². The zero-order valence-corrected chi connectivity index (χ0v) is 8.30. The summed E-state index contributed by atoms with van der Waals surface area (Å²) >= 11 is 1.16. The van der Waals surface area contributed by atoms with Gasteiger partial charge in [0.1, 0.15) is 5.82 Å². The third-order valence-corrected chi connectivity index (χ3v) is 1.83. The van der Waals surface area contributed by atoms with Gasteiger partial charge >= 0.3 is 0 Å². The summed E-state index contributed by atoms with van der Waals surface area (Å²) in [7, 11) is 0. The van der Waals surface area contributed by atoms with Crippen LogP contribution in [-0.4, -0.2) is 18.7 Å². The van der Waals surface area contributed by atoms with E-state index in [1.807, 2.05) is 0 Å². The number of hydrogen-bond donors (Lipinski definition) is 2. The standard InChI is InChI=1S/C5H6BrN3O2S/c6-4-1-7-5(8-2-4)3-9-12(10)11/h1-2,9H,3H2,(H,10,11). The molecule has 7 heteroatoms. The maximum absolute atomic E-state index is 10.2. The molecule has 0 aromatic carbocycles. The fourth-order valence-electron chi connectivity index (χ4n) is 0.557. The molecule has 0 aliphatic rings. The van der Waals surface area contributed by atoms with Crippen LogP contribution in [0.1, 0.15) is 5.82 Å². The van der Waals surface area contributed by atoms with Crippen LogP contribution in [0.2, 0.25) is 0 Å². The number of hydrogen-bond acceptors (Lipinski definition) is 3. The molecule has 1 rings (SSSR count). The van der Waals surface area contributed by atoms with Gasteiger partial charge in [-0.25, -0.2) is 18.9 Å². The number of nitrogens with zero attached hydrogens (tertiary/aromatic N) is 2. The maximum Gasteiger partial charge on any atom is 0.232 e. The fourth-order valence-corrected chi connectivity index (χ4v) is 1.01. The summed E-state index contributed by atoms with van der Waals surface area (Å²) < 4.78 is 21.6. The molecule has 2 N–H and O–H groups in total. The van der Waals surface area contributed by atoms with Gasteiger partial charge in [-0.1, -0.05) is 0 Å². The Hall–Kier alpha value is -0.370. The second-order valence-electron chi connectivity index (χ2n) is 1.89. The predicted molar refractivity (Wildman–Crippen MR) is 47.3 cm³/mol. The first-order valence-corrected chi connectivity index (χ1v) is 4.89.